The summed E-state index contributed by atoms with van der Waals surface area (Å²) >= 11 is 0. The fourth-order valence-electron chi connectivity index (χ4n) is 1.35. The van der Waals surface area contributed by atoms with Crippen LogP contribution in [0.3, 0.4) is 0 Å². The van der Waals surface area contributed by atoms with E-state index < -0.39 is 12.1 Å². The van der Waals surface area contributed by atoms with Gasteiger partial charge in [0.25, 0.3) is 0 Å². The minimum Gasteiger partial charge on any atom is -0.481 e. The van der Waals surface area contributed by atoms with Crippen LogP contribution in [0.5, 0.6) is 0 Å². The van der Waals surface area contributed by atoms with Crippen molar-refractivity contribution in [3.63, 3.8) is 0 Å². The first-order valence-corrected chi connectivity index (χ1v) is 4.25. The third-order valence-corrected chi connectivity index (χ3v) is 1.95. The fourth-order valence-corrected chi connectivity index (χ4v) is 1.35. The molecule has 1 amide bonds. The molecule has 14 heavy (non-hydrogen) atoms. The Kier molecular flexibility index (Phi) is 9.90. The Labute approximate surface area is 92.9 Å². The molecule has 0 spiro atoms. The van der Waals surface area contributed by atoms with Gasteiger partial charge in [0, 0.05) is 16.8 Å². The van der Waals surface area contributed by atoms with Gasteiger partial charge in [-0.05, 0) is 12.8 Å². The van der Waals surface area contributed by atoms with Crippen molar-refractivity contribution < 1.29 is 36.6 Å². The first-order valence-electron chi connectivity index (χ1n) is 4.25. The SMILES string of the molecule is NC(=O)O.O=C(O)C1CCCCC1.[Co]. The normalized spacial score (nSPS) is 15.7. The predicted octanol–water partition coefficient (Wildman–Crippen LogP) is 1.27. The van der Waals surface area contributed by atoms with Crippen LogP contribution < -0.4 is 5.73 Å². The molecule has 85 valence electrons. The molecular weight excluding hydrogens is 233 g/mol. The van der Waals surface area contributed by atoms with Gasteiger partial charge in [-0.15, -0.1) is 0 Å². The molecule has 1 saturated carbocycles. The summed E-state index contributed by atoms with van der Waals surface area (Å²) in [5.41, 5.74) is 4.03. The van der Waals surface area contributed by atoms with E-state index in [0.29, 0.717) is 0 Å². The summed E-state index contributed by atoms with van der Waals surface area (Å²) < 4.78 is 0. The average molecular weight is 248 g/mol. The summed E-state index contributed by atoms with van der Waals surface area (Å²) in [5.74, 6) is -0.631. The number of carboxylic acid groups (broad SMARTS) is 2. The molecule has 1 aliphatic carbocycles. The van der Waals surface area contributed by atoms with Crippen LogP contribution in [-0.4, -0.2) is 22.3 Å². The zero-order valence-corrected chi connectivity index (χ0v) is 8.78. The van der Waals surface area contributed by atoms with E-state index in [-0.39, 0.29) is 22.7 Å². The van der Waals surface area contributed by atoms with E-state index in [2.05, 4.69) is 5.73 Å². The summed E-state index contributed by atoms with van der Waals surface area (Å²) in [6.45, 7) is 0. The summed E-state index contributed by atoms with van der Waals surface area (Å²) in [5, 5.41) is 15.7. The second kappa shape index (κ2) is 8.83. The van der Waals surface area contributed by atoms with Gasteiger partial charge in [0.15, 0.2) is 0 Å². The average Bonchev–Trinajstić information content (AvgIpc) is 2.05. The molecule has 0 aromatic heterocycles. The van der Waals surface area contributed by atoms with Crippen LogP contribution in [0, 0.1) is 5.92 Å². The Morgan fingerprint density at radius 1 is 1.07 bits per heavy atom. The molecule has 5 nitrogen and oxygen atoms in total. The second-order valence-electron chi connectivity index (χ2n) is 3.01. The Morgan fingerprint density at radius 2 is 1.43 bits per heavy atom. The van der Waals surface area contributed by atoms with Gasteiger partial charge in [-0.1, -0.05) is 19.3 Å². The van der Waals surface area contributed by atoms with Gasteiger partial charge in [0.05, 0.1) is 5.92 Å². The van der Waals surface area contributed by atoms with Crippen LogP contribution in [0.1, 0.15) is 32.1 Å². The van der Waals surface area contributed by atoms with Crippen molar-refractivity contribution in [2.24, 2.45) is 11.7 Å². The van der Waals surface area contributed by atoms with E-state index in [9.17, 15) is 4.79 Å². The minimum absolute atomic E-state index is 0. The molecule has 1 aliphatic rings. The molecule has 0 unspecified atom stereocenters. The van der Waals surface area contributed by atoms with Crippen molar-refractivity contribution in [2.75, 3.05) is 0 Å². The van der Waals surface area contributed by atoms with Gasteiger partial charge < -0.3 is 15.9 Å². The van der Waals surface area contributed by atoms with E-state index in [0.717, 1.165) is 25.7 Å². The van der Waals surface area contributed by atoms with E-state index >= 15 is 0 Å². The zero-order chi connectivity index (χ0) is 10.3. The fraction of sp³-hybridized carbons (Fsp3) is 0.750. The summed E-state index contributed by atoms with van der Waals surface area (Å²) in [6.07, 6.45) is 3.91. The number of nitrogens with two attached hydrogens (primary N) is 1. The van der Waals surface area contributed by atoms with Gasteiger partial charge in [-0.3, -0.25) is 4.79 Å². The number of carbonyl (C=O) groups is 2. The Morgan fingerprint density at radius 3 is 1.64 bits per heavy atom. The number of hydrogen-bond donors (Lipinski definition) is 3. The van der Waals surface area contributed by atoms with E-state index in [4.69, 9.17) is 15.0 Å². The minimum atomic E-state index is -1.33. The van der Waals surface area contributed by atoms with Crippen molar-refractivity contribution in [3.05, 3.63) is 0 Å². The van der Waals surface area contributed by atoms with Gasteiger partial charge in [-0.25, -0.2) is 4.79 Å². The monoisotopic (exact) mass is 248 g/mol. The number of aliphatic carboxylic acids is 1. The largest absolute Gasteiger partial charge is 0.481 e. The smallest absolute Gasteiger partial charge is 0.402 e. The van der Waals surface area contributed by atoms with Crippen molar-refractivity contribution in [1.82, 2.24) is 0 Å². The van der Waals surface area contributed by atoms with Crippen LogP contribution >= 0.6 is 0 Å². The molecule has 0 heterocycles. The standard InChI is InChI=1S/C7H12O2.CH3NO2.Co/c8-7(9)6-4-2-1-3-5-6;2-1(3)4;/h6H,1-5H2,(H,8,9);2H2,(H,3,4);. The first kappa shape index (κ1) is 15.7. The van der Waals surface area contributed by atoms with Crippen molar-refractivity contribution in [1.29, 1.82) is 0 Å². The molecule has 6 heteroatoms. The second-order valence-corrected chi connectivity index (χ2v) is 3.01. The van der Waals surface area contributed by atoms with Crippen molar-refractivity contribution in [3.8, 4) is 0 Å². The molecule has 0 aromatic rings. The molecule has 1 rings (SSSR count). The van der Waals surface area contributed by atoms with Crippen LogP contribution in [0.25, 0.3) is 0 Å². The van der Waals surface area contributed by atoms with Crippen LogP contribution in [0.15, 0.2) is 0 Å². The molecule has 1 radical (unpaired) electrons. The number of primary amides is 1. The van der Waals surface area contributed by atoms with E-state index in [1.807, 2.05) is 0 Å². The third-order valence-electron chi connectivity index (χ3n) is 1.95. The molecule has 0 bridgehead atoms. The number of hydrogen-bond acceptors (Lipinski definition) is 2. The molecule has 0 atom stereocenters. The summed E-state index contributed by atoms with van der Waals surface area (Å²) in [7, 11) is 0. The van der Waals surface area contributed by atoms with Crippen LogP contribution in [0.2, 0.25) is 0 Å². The summed E-state index contributed by atoms with van der Waals surface area (Å²) in [6, 6.07) is 0. The van der Waals surface area contributed by atoms with Crippen molar-refractivity contribution >= 4 is 12.1 Å². The maximum absolute atomic E-state index is 10.4. The molecule has 0 aliphatic heterocycles. The zero-order valence-electron chi connectivity index (χ0n) is 7.73. The maximum atomic E-state index is 10.4. The van der Waals surface area contributed by atoms with Crippen molar-refractivity contribution in [2.45, 2.75) is 32.1 Å². The van der Waals surface area contributed by atoms with Crippen LogP contribution in [0.4, 0.5) is 4.79 Å². The van der Waals surface area contributed by atoms with Crippen LogP contribution in [-0.2, 0) is 21.6 Å². The Balaban J connectivity index is 0. The van der Waals surface area contributed by atoms with Gasteiger partial charge in [0.2, 0.25) is 0 Å². The topological polar surface area (TPSA) is 101 Å². The maximum Gasteiger partial charge on any atom is 0.402 e. The molecular formula is C8H15CoNO4. The quantitative estimate of drug-likeness (QED) is 0.650. The molecule has 1 fully saturated rings. The van der Waals surface area contributed by atoms with Gasteiger partial charge >= 0.3 is 12.1 Å². The predicted molar refractivity (Wildman–Crippen MR) is 46.4 cm³/mol. The number of carboxylic acids is 1. The Bertz CT molecular complexity index is 176. The first-order chi connectivity index (χ1) is 6.04. The third kappa shape index (κ3) is 9.34. The molecule has 4 N–H and O–H groups in total. The molecule has 0 aromatic carbocycles. The Hall–Kier alpha value is -0.754. The summed E-state index contributed by atoms with van der Waals surface area (Å²) in [4.78, 5) is 19.1. The number of rotatable bonds is 1. The van der Waals surface area contributed by atoms with Gasteiger partial charge in [-0.2, -0.15) is 0 Å². The number of amides is 1. The van der Waals surface area contributed by atoms with E-state index in [1.54, 1.807) is 0 Å². The van der Waals surface area contributed by atoms with Gasteiger partial charge in [0.1, 0.15) is 0 Å². The van der Waals surface area contributed by atoms with E-state index in [1.165, 1.54) is 6.42 Å². The molecule has 0 saturated heterocycles.